The third kappa shape index (κ3) is 7.54. The van der Waals surface area contributed by atoms with Crippen LogP contribution < -0.4 is 0 Å². The van der Waals surface area contributed by atoms with Crippen molar-refractivity contribution in [3.05, 3.63) is 0 Å². The summed E-state index contributed by atoms with van der Waals surface area (Å²) in [6, 6.07) is 0. The summed E-state index contributed by atoms with van der Waals surface area (Å²) in [5, 5.41) is 0. The monoisotopic (exact) mass is 409 g/mol. The number of ether oxygens (including phenoxy) is 2. The standard InChI is InChI=1S/C22H39N3O4/c1-23-10-5-19(6-11-23)20-7-12-25(13-8-20)21(26)3-4-22(27)29-16-2-9-24-14-17-28-18-15-24/h19-20H,2-18H2,1H3. The van der Waals surface area contributed by atoms with Crippen LogP contribution in [-0.2, 0) is 19.1 Å². The molecule has 1 amide bonds. The molecule has 0 N–H and O–H groups in total. The molecule has 3 fully saturated rings. The Balaban J connectivity index is 1.23. The van der Waals surface area contributed by atoms with Gasteiger partial charge >= 0.3 is 5.97 Å². The number of hydrogen-bond acceptors (Lipinski definition) is 6. The first-order valence-electron chi connectivity index (χ1n) is 11.5. The van der Waals surface area contributed by atoms with Crippen LogP contribution in [0.15, 0.2) is 0 Å². The van der Waals surface area contributed by atoms with Gasteiger partial charge in [-0.05, 0) is 64.1 Å². The Morgan fingerprint density at radius 1 is 0.897 bits per heavy atom. The third-order valence-corrected chi connectivity index (χ3v) is 6.85. The van der Waals surface area contributed by atoms with Crippen LogP contribution in [0.3, 0.4) is 0 Å². The molecule has 0 spiro atoms. The van der Waals surface area contributed by atoms with Crippen molar-refractivity contribution >= 4 is 11.9 Å². The van der Waals surface area contributed by atoms with Crippen LogP contribution >= 0.6 is 0 Å². The average Bonchev–Trinajstić information content (AvgIpc) is 2.76. The topological polar surface area (TPSA) is 62.3 Å². The van der Waals surface area contributed by atoms with Crippen LogP contribution in [0, 0.1) is 11.8 Å². The molecule has 7 heteroatoms. The van der Waals surface area contributed by atoms with E-state index in [1.54, 1.807) is 0 Å². The predicted octanol–water partition coefficient (Wildman–Crippen LogP) is 1.61. The van der Waals surface area contributed by atoms with Crippen LogP contribution in [0.4, 0.5) is 0 Å². The lowest BCUT2D eigenvalue weighted by Crippen LogP contribution is -2.42. The van der Waals surface area contributed by atoms with E-state index in [2.05, 4.69) is 16.8 Å². The molecule has 3 aliphatic rings. The molecule has 3 rings (SSSR count). The van der Waals surface area contributed by atoms with Gasteiger partial charge < -0.3 is 19.3 Å². The Bertz CT molecular complexity index is 508. The summed E-state index contributed by atoms with van der Waals surface area (Å²) in [7, 11) is 2.20. The van der Waals surface area contributed by atoms with E-state index in [1.807, 2.05) is 4.90 Å². The lowest BCUT2D eigenvalue weighted by atomic mass is 9.79. The van der Waals surface area contributed by atoms with Crippen LogP contribution in [0.2, 0.25) is 0 Å². The fourth-order valence-corrected chi connectivity index (χ4v) is 4.86. The fraction of sp³-hybridized carbons (Fsp3) is 0.909. The highest BCUT2D eigenvalue weighted by molar-refractivity contribution is 5.81. The van der Waals surface area contributed by atoms with Gasteiger partial charge in [-0.25, -0.2) is 0 Å². The van der Waals surface area contributed by atoms with Gasteiger partial charge in [-0.2, -0.15) is 0 Å². The van der Waals surface area contributed by atoms with Crippen LogP contribution in [0.1, 0.15) is 44.9 Å². The number of carbonyl (C=O) groups excluding carboxylic acids is 2. The SMILES string of the molecule is CN1CCC(C2CCN(C(=O)CCC(=O)OCCCN3CCOCC3)CC2)CC1. The van der Waals surface area contributed by atoms with E-state index in [4.69, 9.17) is 9.47 Å². The smallest absolute Gasteiger partial charge is 0.306 e. The lowest BCUT2D eigenvalue weighted by molar-refractivity contribution is -0.146. The van der Waals surface area contributed by atoms with Gasteiger partial charge in [0.2, 0.25) is 5.91 Å². The largest absolute Gasteiger partial charge is 0.466 e. The second-order valence-corrected chi connectivity index (χ2v) is 8.89. The first kappa shape index (κ1) is 22.5. The molecule has 7 nitrogen and oxygen atoms in total. The number of piperidine rings is 2. The van der Waals surface area contributed by atoms with Gasteiger partial charge in [0.15, 0.2) is 0 Å². The third-order valence-electron chi connectivity index (χ3n) is 6.85. The second-order valence-electron chi connectivity index (χ2n) is 8.89. The molecule has 0 aromatic carbocycles. The second kappa shape index (κ2) is 11.9. The zero-order valence-corrected chi connectivity index (χ0v) is 18.2. The highest BCUT2D eigenvalue weighted by atomic mass is 16.5. The molecule has 0 aromatic heterocycles. The molecule has 0 aliphatic carbocycles. The van der Waals surface area contributed by atoms with Gasteiger partial charge in [-0.3, -0.25) is 14.5 Å². The van der Waals surface area contributed by atoms with E-state index < -0.39 is 0 Å². The minimum absolute atomic E-state index is 0.108. The highest BCUT2D eigenvalue weighted by Gasteiger charge is 2.30. The molecule has 0 radical (unpaired) electrons. The Labute approximate surface area is 175 Å². The number of morpholine rings is 1. The summed E-state index contributed by atoms with van der Waals surface area (Å²) < 4.78 is 10.6. The molecule has 3 saturated heterocycles. The quantitative estimate of drug-likeness (QED) is 0.448. The van der Waals surface area contributed by atoms with Crippen LogP contribution in [0.5, 0.6) is 0 Å². The number of hydrogen-bond donors (Lipinski definition) is 0. The molecular weight excluding hydrogens is 370 g/mol. The van der Waals surface area contributed by atoms with Crippen molar-refractivity contribution in [1.29, 1.82) is 0 Å². The molecule has 0 saturated carbocycles. The molecule has 29 heavy (non-hydrogen) atoms. The number of amides is 1. The molecule has 3 aliphatic heterocycles. The van der Waals surface area contributed by atoms with Gasteiger partial charge in [-0.15, -0.1) is 0 Å². The first-order valence-corrected chi connectivity index (χ1v) is 11.5. The molecule has 166 valence electrons. The maximum Gasteiger partial charge on any atom is 0.306 e. The van der Waals surface area contributed by atoms with Crippen molar-refractivity contribution in [2.75, 3.05) is 72.7 Å². The van der Waals surface area contributed by atoms with Crippen molar-refractivity contribution < 1.29 is 19.1 Å². The maximum atomic E-state index is 12.5. The molecular formula is C22H39N3O4. The highest BCUT2D eigenvalue weighted by Crippen LogP contribution is 2.32. The molecule has 0 unspecified atom stereocenters. The molecule has 0 aromatic rings. The van der Waals surface area contributed by atoms with Crippen molar-refractivity contribution in [2.45, 2.75) is 44.9 Å². The van der Waals surface area contributed by atoms with Crippen molar-refractivity contribution in [2.24, 2.45) is 11.8 Å². The maximum absolute atomic E-state index is 12.5. The number of rotatable bonds is 8. The Morgan fingerprint density at radius 3 is 2.17 bits per heavy atom. The number of esters is 1. The van der Waals surface area contributed by atoms with E-state index in [0.29, 0.717) is 6.61 Å². The minimum Gasteiger partial charge on any atom is -0.466 e. The summed E-state index contributed by atoms with van der Waals surface area (Å²) in [6.07, 6.45) is 6.15. The van der Waals surface area contributed by atoms with Gasteiger partial charge in [-0.1, -0.05) is 0 Å². The number of carbonyl (C=O) groups is 2. The van der Waals surface area contributed by atoms with Gasteiger partial charge in [0.25, 0.3) is 0 Å². The van der Waals surface area contributed by atoms with E-state index >= 15 is 0 Å². The number of likely N-dealkylation sites (tertiary alicyclic amines) is 2. The van der Waals surface area contributed by atoms with Gasteiger partial charge in [0.1, 0.15) is 0 Å². The van der Waals surface area contributed by atoms with E-state index in [0.717, 1.165) is 77.0 Å². The zero-order valence-electron chi connectivity index (χ0n) is 18.2. The average molecular weight is 410 g/mol. The van der Waals surface area contributed by atoms with Crippen LogP contribution in [0.25, 0.3) is 0 Å². The Morgan fingerprint density at radius 2 is 1.52 bits per heavy atom. The molecule has 0 bridgehead atoms. The van der Waals surface area contributed by atoms with E-state index in [-0.39, 0.29) is 24.7 Å². The van der Waals surface area contributed by atoms with Crippen LogP contribution in [-0.4, -0.2) is 99.3 Å². The molecule has 0 atom stereocenters. The van der Waals surface area contributed by atoms with Gasteiger partial charge in [0.05, 0.1) is 26.2 Å². The Kier molecular flexibility index (Phi) is 9.21. The predicted molar refractivity (Wildman–Crippen MR) is 112 cm³/mol. The zero-order chi connectivity index (χ0) is 20.5. The summed E-state index contributed by atoms with van der Waals surface area (Å²) in [4.78, 5) is 31.1. The molecule has 3 heterocycles. The normalized spacial score (nSPS) is 23.3. The van der Waals surface area contributed by atoms with Gasteiger partial charge in [0, 0.05) is 39.1 Å². The summed E-state index contributed by atoms with van der Waals surface area (Å²) in [5.74, 6) is 1.46. The Hall–Kier alpha value is -1.18. The number of nitrogens with zero attached hydrogens (tertiary/aromatic N) is 3. The fourth-order valence-electron chi connectivity index (χ4n) is 4.86. The van der Waals surface area contributed by atoms with Crippen molar-refractivity contribution in [1.82, 2.24) is 14.7 Å². The summed E-state index contributed by atoms with van der Waals surface area (Å²) in [6.45, 7) is 8.97. The first-order chi connectivity index (χ1) is 14.1. The van der Waals surface area contributed by atoms with Crippen molar-refractivity contribution in [3.8, 4) is 0 Å². The lowest BCUT2D eigenvalue weighted by Gasteiger charge is -2.39. The minimum atomic E-state index is -0.249. The summed E-state index contributed by atoms with van der Waals surface area (Å²) in [5.41, 5.74) is 0. The van der Waals surface area contributed by atoms with Crippen molar-refractivity contribution in [3.63, 3.8) is 0 Å². The van der Waals surface area contributed by atoms with E-state index in [1.165, 1.54) is 25.9 Å². The summed E-state index contributed by atoms with van der Waals surface area (Å²) >= 11 is 0. The van der Waals surface area contributed by atoms with E-state index in [9.17, 15) is 9.59 Å².